The van der Waals surface area contributed by atoms with E-state index in [2.05, 4.69) is 11.9 Å². The normalized spacial score (nSPS) is 23.5. The Bertz CT molecular complexity index is 679. The van der Waals surface area contributed by atoms with Crippen LogP contribution in [0.15, 0.2) is 29.1 Å². The van der Waals surface area contributed by atoms with E-state index >= 15 is 0 Å². The highest BCUT2D eigenvalue weighted by atomic mass is 35.5. The van der Waals surface area contributed by atoms with Crippen molar-refractivity contribution in [1.29, 1.82) is 0 Å². The van der Waals surface area contributed by atoms with Crippen LogP contribution in [0.4, 0.5) is 0 Å². The minimum Gasteiger partial charge on any atom is -0.291 e. The van der Waals surface area contributed by atoms with Gasteiger partial charge in [-0.05, 0) is 30.9 Å². The lowest BCUT2D eigenvalue weighted by Gasteiger charge is -2.16. The van der Waals surface area contributed by atoms with Gasteiger partial charge in [0.2, 0.25) is 0 Å². The van der Waals surface area contributed by atoms with Crippen LogP contribution in [0.2, 0.25) is 0 Å². The Hall–Kier alpha value is -1.35. The summed E-state index contributed by atoms with van der Waals surface area (Å²) in [4.78, 5) is 17.3. The van der Waals surface area contributed by atoms with Gasteiger partial charge in [0, 0.05) is 6.04 Å². The van der Waals surface area contributed by atoms with Crippen LogP contribution in [0.1, 0.15) is 43.9 Å². The highest BCUT2D eigenvalue weighted by molar-refractivity contribution is 6.20. The first-order valence-corrected chi connectivity index (χ1v) is 7.22. The molecule has 3 nitrogen and oxygen atoms in total. The number of benzene rings is 1. The van der Waals surface area contributed by atoms with E-state index in [9.17, 15) is 4.79 Å². The molecule has 3 atom stereocenters. The van der Waals surface area contributed by atoms with E-state index in [4.69, 9.17) is 11.6 Å². The summed E-state index contributed by atoms with van der Waals surface area (Å²) in [6.45, 7) is 4.17. The number of rotatable bonds is 3. The van der Waals surface area contributed by atoms with E-state index in [1.807, 2.05) is 35.8 Å². The third-order valence-electron chi connectivity index (χ3n) is 3.87. The van der Waals surface area contributed by atoms with Gasteiger partial charge in [-0.25, -0.2) is 4.98 Å². The van der Waals surface area contributed by atoms with Crippen molar-refractivity contribution >= 4 is 22.5 Å². The molecule has 4 heteroatoms. The van der Waals surface area contributed by atoms with Crippen LogP contribution in [0, 0.1) is 5.92 Å². The van der Waals surface area contributed by atoms with Crippen molar-refractivity contribution in [3.63, 3.8) is 0 Å². The maximum Gasteiger partial charge on any atom is 0.261 e. The standard InChI is InChI=1S/C15H17ClN2O/c1-3-11(16)14-17-12-7-5-4-6-10(12)15(19)18(14)13-8-9(13)2/h4-7,9,11,13H,3,8H2,1-2H3. The van der Waals surface area contributed by atoms with Crippen LogP contribution in [0.5, 0.6) is 0 Å². The van der Waals surface area contributed by atoms with E-state index < -0.39 is 0 Å². The van der Waals surface area contributed by atoms with Gasteiger partial charge in [-0.2, -0.15) is 0 Å². The van der Waals surface area contributed by atoms with Crippen LogP contribution in [-0.4, -0.2) is 9.55 Å². The fourth-order valence-corrected chi connectivity index (χ4v) is 2.70. The predicted octanol–water partition coefficient (Wildman–Crippen LogP) is 3.67. The number of hydrogen-bond acceptors (Lipinski definition) is 2. The molecule has 1 aromatic carbocycles. The summed E-state index contributed by atoms with van der Waals surface area (Å²) in [6.07, 6.45) is 1.81. The predicted molar refractivity (Wildman–Crippen MR) is 77.7 cm³/mol. The SMILES string of the molecule is CCC(Cl)c1nc2ccccc2c(=O)n1C1CC1C. The quantitative estimate of drug-likeness (QED) is 0.802. The number of para-hydroxylation sites is 1. The molecule has 1 fully saturated rings. The number of alkyl halides is 1. The lowest BCUT2D eigenvalue weighted by molar-refractivity contribution is 0.593. The highest BCUT2D eigenvalue weighted by Crippen LogP contribution is 2.43. The second-order valence-electron chi connectivity index (χ2n) is 5.32. The second-order valence-corrected chi connectivity index (χ2v) is 5.85. The average molecular weight is 277 g/mol. The van der Waals surface area contributed by atoms with Crippen molar-refractivity contribution in [3.05, 3.63) is 40.4 Å². The van der Waals surface area contributed by atoms with E-state index in [1.54, 1.807) is 0 Å². The first kappa shape index (κ1) is 12.7. The highest BCUT2D eigenvalue weighted by Gasteiger charge is 2.38. The van der Waals surface area contributed by atoms with Gasteiger partial charge >= 0.3 is 0 Å². The molecule has 0 radical (unpaired) electrons. The first-order chi connectivity index (χ1) is 9.13. The zero-order valence-corrected chi connectivity index (χ0v) is 11.9. The summed E-state index contributed by atoms with van der Waals surface area (Å²) >= 11 is 6.37. The molecule has 0 bridgehead atoms. The Morgan fingerprint density at radius 2 is 2.16 bits per heavy atom. The van der Waals surface area contributed by atoms with Gasteiger partial charge in [-0.3, -0.25) is 9.36 Å². The summed E-state index contributed by atoms with van der Waals surface area (Å²) in [7, 11) is 0. The molecule has 2 aromatic rings. The van der Waals surface area contributed by atoms with E-state index in [-0.39, 0.29) is 17.0 Å². The largest absolute Gasteiger partial charge is 0.291 e. The number of fused-ring (bicyclic) bond motifs is 1. The molecule has 0 amide bonds. The number of nitrogens with zero attached hydrogens (tertiary/aromatic N) is 2. The van der Waals surface area contributed by atoms with E-state index in [0.29, 0.717) is 11.3 Å². The summed E-state index contributed by atoms with van der Waals surface area (Å²) in [5.41, 5.74) is 0.792. The smallest absolute Gasteiger partial charge is 0.261 e. The lowest BCUT2D eigenvalue weighted by atomic mass is 10.2. The summed E-state index contributed by atoms with van der Waals surface area (Å²) in [5, 5.41) is 0.482. The van der Waals surface area contributed by atoms with Gasteiger partial charge in [0.1, 0.15) is 5.82 Å². The van der Waals surface area contributed by atoms with Crippen LogP contribution in [0.25, 0.3) is 10.9 Å². The van der Waals surface area contributed by atoms with Gasteiger partial charge < -0.3 is 0 Å². The molecule has 19 heavy (non-hydrogen) atoms. The van der Waals surface area contributed by atoms with Gasteiger partial charge in [-0.1, -0.05) is 26.0 Å². The Kier molecular flexibility index (Phi) is 3.09. The van der Waals surface area contributed by atoms with E-state index in [0.717, 1.165) is 24.2 Å². The molecule has 100 valence electrons. The molecule has 1 heterocycles. The zero-order valence-electron chi connectivity index (χ0n) is 11.1. The maximum atomic E-state index is 12.7. The van der Waals surface area contributed by atoms with Crippen LogP contribution < -0.4 is 5.56 Å². The molecule has 0 saturated heterocycles. The van der Waals surface area contributed by atoms with Gasteiger partial charge in [0.05, 0.1) is 16.3 Å². The van der Waals surface area contributed by atoms with Crippen molar-refractivity contribution in [3.8, 4) is 0 Å². The summed E-state index contributed by atoms with van der Waals surface area (Å²) in [6, 6.07) is 7.77. The molecule has 0 N–H and O–H groups in total. The Morgan fingerprint density at radius 1 is 1.47 bits per heavy atom. The van der Waals surface area contributed by atoms with Crippen LogP contribution >= 0.6 is 11.6 Å². The van der Waals surface area contributed by atoms with Crippen molar-refractivity contribution < 1.29 is 0 Å². The Morgan fingerprint density at radius 3 is 2.79 bits per heavy atom. The zero-order chi connectivity index (χ0) is 13.6. The average Bonchev–Trinajstić information content (AvgIpc) is 3.14. The number of halogens is 1. The minimum absolute atomic E-state index is 0.0500. The summed E-state index contributed by atoms with van der Waals surface area (Å²) < 4.78 is 1.83. The number of hydrogen-bond donors (Lipinski definition) is 0. The van der Waals surface area contributed by atoms with Crippen LogP contribution in [-0.2, 0) is 0 Å². The van der Waals surface area contributed by atoms with Crippen LogP contribution in [0.3, 0.4) is 0 Å². The van der Waals surface area contributed by atoms with Crippen molar-refractivity contribution in [1.82, 2.24) is 9.55 Å². The molecular formula is C15H17ClN2O. The van der Waals surface area contributed by atoms with E-state index in [1.165, 1.54) is 0 Å². The third kappa shape index (κ3) is 2.06. The molecule has 0 aliphatic heterocycles. The molecular weight excluding hydrogens is 260 g/mol. The lowest BCUT2D eigenvalue weighted by Crippen LogP contribution is -2.25. The topological polar surface area (TPSA) is 34.9 Å². The fourth-order valence-electron chi connectivity index (χ4n) is 2.55. The van der Waals surface area contributed by atoms with Crippen molar-refractivity contribution in [2.45, 2.75) is 38.1 Å². The third-order valence-corrected chi connectivity index (χ3v) is 4.38. The Labute approximate surface area is 117 Å². The molecule has 0 spiro atoms. The van der Waals surface area contributed by atoms with Crippen molar-refractivity contribution in [2.75, 3.05) is 0 Å². The molecule has 1 saturated carbocycles. The molecule has 1 aliphatic rings. The molecule has 3 unspecified atom stereocenters. The number of aromatic nitrogens is 2. The minimum atomic E-state index is -0.204. The van der Waals surface area contributed by atoms with Gasteiger partial charge in [-0.15, -0.1) is 11.6 Å². The molecule has 3 rings (SSSR count). The molecule has 1 aliphatic carbocycles. The fraction of sp³-hybridized carbons (Fsp3) is 0.467. The second kappa shape index (κ2) is 4.64. The monoisotopic (exact) mass is 276 g/mol. The maximum absolute atomic E-state index is 12.7. The van der Waals surface area contributed by atoms with Crippen molar-refractivity contribution in [2.24, 2.45) is 5.92 Å². The van der Waals surface area contributed by atoms with Gasteiger partial charge in [0.15, 0.2) is 0 Å². The Balaban J connectivity index is 2.30. The van der Waals surface area contributed by atoms with Gasteiger partial charge in [0.25, 0.3) is 5.56 Å². The first-order valence-electron chi connectivity index (χ1n) is 6.78. The molecule has 1 aromatic heterocycles. The summed E-state index contributed by atoms with van der Waals surface area (Å²) in [5.74, 6) is 1.27.